The molecule has 0 saturated heterocycles. The fraction of sp³-hybridized carbons (Fsp3) is 0. The van der Waals surface area contributed by atoms with Crippen LogP contribution in [0.5, 0.6) is 0 Å². The summed E-state index contributed by atoms with van der Waals surface area (Å²) in [5.41, 5.74) is 11.7. The molecule has 5 heteroatoms. The monoisotopic (exact) mass is 759 g/mol. The minimum absolute atomic E-state index is 0.633. The minimum atomic E-state index is 0.633. The first-order chi connectivity index (χ1) is 28.7. The lowest BCUT2D eigenvalue weighted by atomic mass is 9.97. The molecule has 0 aliphatic carbocycles. The Bertz CT molecular complexity index is 3510. The molecule has 0 bridgehead atoms. The van der Waals surface area contributed by atoms with Gasteiger partial charge in [0.1, 0.15) is 5.52 Å². The minimum Gasteiger partial charge on any atom is -0.435 e. The smallest absolute Gasteiger partial charge is 0.227 e. The van der Waals surface area contributed by atoms with Gasteiger partial charge < -0.3 is 13.9 Å². The van der Waals surface area contributed by atoms with Crippen molar-refractivity contribution in [3.8, 4) is 28.3 Å². The van der Waals surface area contributed by atoms with Gasteiger partial charge in [0, 0.05) is 64.6 Å². The molecule has 4 nitrogen and oxygen atoms in total. The average Bonchev–Trinajstić information content (AvgIpc) is 3.99. The maximum absolute atomic E-state index is 6.43. The van der Waals surface area contributed by atoms with E-state index >= 15 is 0 Å². The van der Waals surface area contributed by atoms with Gasteiger partial charge in [-0.25, -0.2) is 4.98 Å². The highest BCUT2D eigenvalue weighted by Gasteiger charge is 2.20. The lowest BCUT2D eigenvalue weighted by Crippen LogP contribution is -2.10. The van der Waals surface area contributed by atoms with Crippen LogP contribution in [0.4, 0.5) is 17.1 Å². The molecule has 0 amide bonds. The summed E-state index contributed by atoms with van der Waals surface area (Å²) in [5, 5.41) is 7.20. The molecule has 3 aromatic heterocycles. The molecule has 0 atom stereocenters. The predicted octanol–water partition coefficient (Wildman–Crippen LogP) is 15.2. The summed E-state index contributed by atoms with van der Waals surface area (Å²) in [6.45, 7) is 0. The zero-order valence-corrected chi connectivity index (χ0v) is 32.0. The van der Waals surface area contributed by atoms with Crippen molar-refractivity contribution in [1.29, 1.82) is 0 Å². The first-order valence-electron chi connectivity index (χ1n) is 19.5. The van der Waals surface area contributed by atoms with Crippen molar-refractivity contribution < 1.29 is 4.42 Å². The molecule has 0 saturated carbocycles. The summed E-state index contributed by atoms with van der Waals surface area (Å²) in [6, 6.07) is 71.7. The number of rotatable bonds is 6. The normalized spacial score (nSPS) is 11.8. The molecule has 3 heterocycles. The lowest BCUT2D eigenvalue weighted by molar-refractivity contribution is 0.623. The highest BCUT2D eigenvalue weighted by Crippen LogP contribution is 2.44. The fourth-order valence-electron chi connectivity index (χ4n) is 8.74. The molecule has 12 rings (SSSR count). The number of hydrogen-bond acceptors (Lipinski definition) is 4. The van der Waals surface area contributed by atoms with E-state index in [1.807, 2.05) is 41.7 Å². The van der Waals surface area contributed by atoms with Gasteiger partial charge in [-0.05, 0) is 101 Å². The fourth-order valence-corrected chi connectivity index (χ4v) is 9.83. The van der Waals surface area contributed by atoms with Crippen LogP contribution in [0.3, 0.4) is 0 Å². The Balaban J connectivity index is 1.02. The number of thiophene rings is 1. The van der Waals surface area contributed by atoms with E-state index in [2.05, 4.69) is 179 Å². The van der Waals surface area contributed by atoms with E-state index in [0.29, 0.717) is 5.89 Å². The van der Waals surface area contributed by atoms with Gasteiger partial charge in [0.2, 0.25) is 5.89 Å². The summed E-state index contributed by atoms with van der Waals surface area (Å²) in [5.74, 6) is 0.633. The predicted molar refractivity (Wildman–Crippen MR) is 244 cm³/mol. The molecule has 272 valence electrons. The number of para-hydroxylation sites is 2. The number of fused-ring (bicyclic) bond motifs is 9. The second kappa shape index (κ2) is 13.1. The molecule has 12 aromatic rings. The topological polar surface area (TPSA) is 34.2 Å². The van der Waals surface area contributed by atoms with Gasteiger partial charge in [-0.3, -0.25) is 0 Å². The van der Waals surface area contributed by atoms with Crippen LogP contribution in [0, 0.1) is 0 Å². The van der Waals surface area contributed by atoms with Crippen LogP contribution in [0.2, 0.25) is 0 Å². The van der Waals surface area contributed by atoms with Crippen LogP contribution in [-0.2, 0) is 0 Å². The SMILES string of the molecule is c1ccc(-c2nc3ccc4c(-c5ccc(N(c6ccc7sc8ccccc8c7c6)c6ccc7c8ccccc8n(-c8ccccc8)c7c6)cc5)cccc4c3o2)cc1. The summed E-state index contributed by atoms with van der Waals surface area (Å²) in [7, 11) is 0. The first kappa shape index (κ1) is 32.7. The highest BCUT2D eigenvalue weighted by atomic mass is 32.1. The van der Waals surface area contributed by atoms with Crippen molar-refractivity contribution >= 4 is 92.2 Å². The quantitative estimate of drug-likeness (QED) is 0.169. The third-order valence-corrected chi connectivity index (χ3v) is 12.6. The molecule has 0 N–H and O–H groups in total. The largest absolute Gasteiger partial charge is 0.435 e. The van der Waals surface area contributed by atoms with Crippen LogP contribution < -0.4 is 4.90 Å². The standard InChI is InChI=1S/C53H33N3OS/c1-3-12-35(13-4-1)53-54-47-30-29-41-40(18-11-19-45(41)52(47)57-53)34-22-24-37(25-23-34)55(38-27-31-51-46(32-38)44-17-8-10-21-50(44)58-51)39-26-28-43-42-16-7-9-20-48(42)56(49(43)33-39)36-14-5-2-6-15-36/h1-33H. The van der Waals surface area contributed by atoms with Crippen molar-refractivity contribution in [1.82, 2.24) is 9.55 Å². The van der Waals surface area contributed by atoms with E-state index in [1.54, 1.807) is 0 Å². The molecule has 58 heavy (non-hydrogen) atoms. The number of nitrogens with zero attached hydrogens (tertiary/aromatic N) is 3. The van der Waals surface area contributed by atoms with Crippen LogP contribution in [-0.4, -0.2) is 9.55 Å². The van der Waals surface area contributed by atoms with Crippen molar-refractivity contribution in [3.63, 3.8) is 0 Å². The molecular weight excluding hydrogens is 727 g/mol. The molecule has 9 aromatic carbocycles. The van der Waals surface area contributed by atoms with E-state index in [-0.39, 0.29) is 0 Å². The van der Waals surface area contributed by atoms with Gasteiger partial charge >= 0.3 is 0 Å². The van der Waals surface area contributed by atoms with Gasteiger partial charge in [0.25, 0.3) is 0 Å². The molecule has 0 spiro atoms. The van der Waals surface area contributed by atoms with Crippen LogP contribution >= 0.6 is 11.3 Å². The number of anilines is 3. The maximum Gasteiger partial charge on any atom is 0.227 e. The van der Waals surface area contributed by atoms with Crippen molar-refractivity contribution in [2.24, 2.45) is 0 Å². The van der Waals surface area contributed by atoms with E-state index in [0.717, 1.165) is 61.3 Å². The van der Waals surface area contributed by atoms with E-state index in [4.69, 9.17) is 9.40 Å². The first-order valence-corrected chi connectivity index (χ1v) is 20.4. The van der Waals surface area contributed by atoms with E-state index < -0.39 is 0 Å². The zero-order valence-electron chi connectivity index (χ0n) is 31.2. The average molecular weight is 760 g/mol. The summed E-state index contributed by atoms with van der Waals surface area (Å²) >= 11 is 1.85. The number of benzene rings is 9. The Kier molecular flexibility index (Phi) is 7.37. The number of hydrogen-bond donors (Lipinski definition) is 0. The van der Waals surface area contributed by atoms with Crippen LogP contribution in [0.15, 0.2) is 205 Å². The molecule has 0 radical (unpaired) electrons. The Morgan fingerprint density at radius 3 is 1.95 bits per heavy atom. The summed E-state index contributed by atoms with van der Waals surface area (Å²) < 4.78 is 11.4. The van der Waals surface area contributed by atoms with E-state index in [9.17, 15) is 0 Å². The van der Waals surface area contributed by atoms with Gasteiger partial charge in [0.15, 0.2) is 5.58 Å². The summed E-state index contributed by atoms with van der Waals surface area (Å²) in [6.07, 6.45) is 0. The zero-order chi connectivity index (χ0) is 38.2. The number of oxazole rings is 1. The Morgan fingerprint density at radius 1 is 0.431 bits per heavy atom. The van der Waals surface area contributed by atoms with Gasteiger partial charge in [0.05, 0.1) is 11.0 Å². The lowest BCUT2D eigenvalue weighted by Gasteiger charge is -2.26. The highest BCUT2D eigenvalue weighted by molar-refractivity contribution is 7.25. The second-order valence-corrected chi connectivity index (χ2v) is 15.8. The molecule has 0 aliphatic heterocycles. The van der Waals surface area contributed by atoms with Gasteiger partial charge in [-0.15, -0.1) is 11.3 Å². The summed E-state index contributed by atoms with van der Waals surface area (Å²) in [4.78, 5) is 7.23. The maximum atomic E-state index is 6.43. The second-order valence-electron chi connectivity index (χ2n) is 14.8. The Morgan fingerprint density at radius 2 is 1.09 bits per heavy atom. The van der Waals surface area contributed by atoms with Gasteiger partial charge in [-0.2, -0.15) is 0 Å². The van der Waals surface area contributed by atoms with E-state index in [1.165, 1.54) is 42.0 Å². The number of aromatic nitrogens is 2. The Hall–Kier alpha value is -7.47. The van der Waals surface area contributed by atoms with Gasteiger partial charge in [-0.1, -0.05) is 115 Å². The van der Waals surface area contributed by atoms with Crippen LogP contribution in [0.25, 0.3) is 92.1 Å². The molecule has 0 aliphatic rings. The van der Waals surface area contributed by atoms with Crippen LogP contribution in [0.1, 0.15) is 0 Å². The Labute approximate surface area is 338 Å². The van der Waals surface area contributed by atoms with Crippen molar-refractivity contribution in [3.05, 3.63) is 200 Å². The van der Waals surface area contributed by atoms with Crippen molar-refractivity contribution in [2.45, 2.75) is 0 Å². The molecule has 0 unspecified atom stereocenters. The third kappa shape index (κ3) is 5.18. The third-order valence-electron chi connectivity index (χ3n) is 11.4. The molecule has 0 fully saturated rings. The van der Waals surface area contributed by atoms with Crippen molar-refractivity contribution in [2.75, 3.05) is 4.90 Å². The molecular formula is C53H33N3OS.